The molecule has 1 aromatic heterocycles. The van der Waals surface area contributed by atoms with Crippen LogP contribution in [0.4, 0.5) is 0 Å². The van der Waals surface area contributed by atoms with Crippen LogP contribution in [0.5, 0.6) is 0 Å². The molecule has 5 heteroatoms. The highest BCUT2D eigenvalue weighted by Crippen LogP contribution is 2.41. The number of hydrogen-bond donors (Lipinski definition) is 0. The van der Waals surface area contributed by atoms with Gasteiger partial charge in [-0.15, -0.1) is 0 Å². The van der Waals surface area contributed by atoms with Crippen LogP contribution in [0.1, 0.15) is 41.4 Å². The summed E-state index contributed by atoms with van der Waals surface area (Å²) in [6.07, 6.45) is 3.20. The molecule has 1 atom stereocenters. The second kappa shape index (κ2) is 5.69. The van der Waals surface area contributed by atoms with Crippen LogP contribution in [0.15, 0.2) is 48.8 Å². The first-order valence-corrected chi connectivity index (χ1v) is 8.55. The summed E-state index contributed by atoms with van der Waals surface area (Å²) in [5.41, 5.74) is 2.90. The lowest BCUT2D eigenvalue weighted by Crippen LogP contribution is -2.58. The fourth-order valence-corrected chi connectivity index (χ4v) is 4.01. The monoisotopic (exact) mass is 335 g/mol. The molecule has 2 aromatic rings. The number of rotatable bonds is 1. The number of benzene rings is 1. The van der Waals surface area contributed by atoms with Gasteiger partial charge in [0, 0.05) is 36.5 Å². The summed E-state index contributed by atoms with van der Waals surface area (Å²) in [6.45, 7) is 5.69. The van der Waals surface area contributed by atoms with E-state index in [1.807, 2.05) is 17.0 Å². The molecule has 0 spiro atoms. The van der Waals surface area contributed by atoms with E-state index in [4.69, 9.17) is 0 Å². The van der Waals surface area contributed by atoms with Crippen LogP contribution in [-0.4, -0.2) is 46.2 Å². The molecule has 4 rings (SSSR count). The quantitative estimate of drug-likeness (QED) is 0.804. The van der Waals surface area contributed by atoms with Crippen molar-refractivity contribution in [3.05, 3.63) is 65.5 Å². The van der Waals surface area contributed by atoms with Gasteiger partial charge in [-0.2, -0.15) is 0 Å². The van der Waals surface area contributed by atoms with Gasteiger partial charge in [0.1, 0.15) is 6.54 Å². The van der Waals surface area contributed by atoms with Crippen molar-refractivity contribution in [3.8, 4) is 0 Å². The summed E-state index contributed by atoms with van der Waals surface area (Å²) in [6, 6.07) is 11.6. The predicted molar refractivity (Wildman–Crippen MR) is 94.1 cm³/mol. The van der Waals surface area contributed by atoms with Crippen LogP contribution >= 0.6 is 0 Å². The lowest BCUT2D eigenvalue weighted by atomic mass is 9.75. The molecule has 1 saturated heterocycles. The molecular formula is C20H21N3O2. The maximum absolute atomic E-state index is 12.8. The molecule has 2 amide bonds. The number of amides is 2. The molecule has 0 saturated carbocycles. The molecule has 2 aliphatic heterocycles. The number of hydrogen-bond acceptors (Lipinski definition) is 3. The first-order valence-electron chi connectivity index (χ1n) is 8.55. The molecule has 3 heterocycles. The summed E-state index contributed by atoms with van der Waals surface area (Å²) >= 11 is 0. The zero-order chi connectivity index (χ0) is 17.6. The fraction of sp³-hybridized carbons (Fsp3) is 0.350. The minimum absolute atomic E-state index is 0.0150. The lowest BCUT2D eigenvalue weighted by molar-refractivity contribution is -0.140. The highest BCUT2D eigenvalue weighted by atomic mass is 16.2. The van der Waals surface area contributed by atoms with Crippen molar-refractivity contribution in [2.75, 3.05) is 19.6 Å². The van der Waals surface area contributed by atoms with Gasteiger partial charge < -0.3 is 9.80 Å². The maximum atomic E-state index is 12.8. The molecule has 2 aliphatic rings. The van der Waals surface area contributed by atoms with Gasteiger partial charge in [-0.1, -0.05) is 38.1 Å². The molecule has 25 heavy (non-hydrogen) atoms. The van der Waals surface area contributed by atoms with Crippen molar-refractivity contribution in [2.24, 2.45) is 0 Å². The summed E-state index contributed by atoms with van der Waals surface area (Å²) in [4.78, 5) is 33.1. The molecule has 5 nitrogen and oxygen atoms in total. The van der Waals surface area contributed by atoms with Crippen molar-refractivity contribution >= 4 is 11.8 Å². The Balaban J connectivity index is 1.69. The molecule has 0 bridgehead atoms. The smallest absolute Gasteiger partial charge is 0.254 e. The van der Waals surface area contributed by atoms with E-state index in [0.29, 0.717) is 18.7 Å². The average molecular weight is 335 g/mol. The Bertz CT molecular complexity index is 832. The van der Waals surface area contributed by atoms with Crippen LogP contribution in [0, 0.1) is 0 Å². The van der Waals surface area contributed by atoms with E-state index in [1.165, 1.54) is 5.56 Å². The van der Waals surface area contributed by atoms with E-state index < -0.39 is 0 Å². The van der Waals surface area contributed by atoms with Gasteiger partial charge in [0.2, 0.25) is 5.91 Å². The SMILES string of the molecule is CC1(C)CN2C(=O)CN(C(=O)c3ccncc3)CC2c2ccccc21. The number of carbonyl (C=O) groups excluding carboxylic acids is 2. The topological polar surface area (TPSA) is 53.5 Å². The van der Waals surface area contributed by atoms with E-state index in [0.717, 1.165) is 5.56 Å². The molecule has 1 aromatic carbocycles. The first-order chi connectivity index (χ1) is 12.0. The zero-order valence-corrected chi connectivity index (χ0v) is 14.5. The minimum Gasteiger partial charge on any atom is -0.331 e. The highest BCUT2D eigenvalue weighted by Gasteiger charge is 2.44. The van der Waals surface area contributed by atoms with Gasteiger partial charge in [0.05, 0.1) is 6.04 Å². The normalized spacial score (nSPS) is 21.5. The van der Waals surface area contributed by atoms with Gasteiger partial charge in [-0.3, -0.25) is 14.6 Å². The minimum atomic E-state index is -0.113. The van der Waals surface area contributed by atoms with Crippen molar-refractivity contribution in [3.63, 3.8) is 0 Å². The Hall–Kier alpha value is -2.69. The number of pyridine rings is 1. The van der Waals surface area contributed by atoms with Gasteiger partial charge >= 0.3 is 0 Å². The van der Waals surface area contributed by atoms with Crippen LogP contribution in [-0.2, 0) is 10.2 Å². The number of aromatic nitrogens is 1. The van der Waals surface area contributed by atoms with Gasteiger partial charge in [0.25, 0.3) is 5.91 Å². The summed E-state index contributed by atoms with van der Waals surface area (Å²) in [5.74, 6) is -0.0982. The molecule has 1 fully saturated rings. The Morgan fingerprint density at radius 2 is 1.88 bits per heavy atom. The molecule has 0 N–H and O–H groups in total. The van der Waals surface area contributed by atoms with E-state index in [-0.39, 0.29) is 29.8 Å². The number of fused-ring (bicyclic) bond motifs is 3. The molecule has 128 valence electrons. The van der Waals surface area contributed by atoms with E-state index >= 15 is 0 Å². The standard InChI is InChI=1S/C20H21N3O2/c1-20(2)13-23-17(15-5-3-4-6-16(15)20)11-22(12-18(23)24)19(25)14-7-9-21-10-8-14/h3-10,17H,11-13H2,1-2H3. The highest BCUT2D eigenvalue weighted by molar-refractivity contribution is 5.97. The summed E-state index contributed by atoms with van der Waals surface area (Å²) < 4.78 is 0. The van der Waals surface area contributed by atoms with Crippen LogP contribution < -0.4 is 0 Å². The van der Waals surface area contributed by atoms with Gasteiger partial charge in [-0.05, 0) is 23.3 Å². The Kier molecular flexibility index (Phi) is 3.60. The third kappa shape index (κ3) is 2.60. The van der Waals surface area contributed by atoms with Gasteiger partial charge in [0.15, 0.2) is 0 Å². The summed E-state index contributed by atoms with van der Waals surface area (Å²) in [7, 11) is 0. The number of nitrogens with zero attached hydrogens (tertiary/aromatic N) is 3. The Labute approximate surface area is 147 Å². The first kappa shape index (κ1) is 15.8. The molecule has 0 aliphatic carbocycles. The van der Waals surface area contributed by atoms with Crippen molar-refractivity contribution in [1.82, 2.24) is 14.8 Å². The van der Waals surface area contributed by atoms with E-state index in [9.17, 15) is 9.59 Å². The lowest BCUT2D eigenvalue weighted by Gasteiger charge is -2.49. The average Bonchev–Trinajstić information content (AvgIpc) is 2.63. The predicted octanol–water partition coefficient (Wildman–Crippen LogP) is 2.40. The molecule has 0 radical (unpaired) electrons. The molecular weight excluding hydrogens is 314 g/mol. The summed E-state index contributed by atoms with van der Waals surface area (Å²) in [5, 5.41) is 0. The fourth-order valence-electron chi connectivity index (χ4n) is 4.01. The van der Waals surface area contributed by atoms with Gasteiger partial charge in [-0.25, -0.2) is 0 Å². The molecule has 1 unspecified atom stereocenters. The van der Waals surface area contributed by atoms with E-state index in [2.05, 4.69) is 31.0 Å². The second-order valence-corrected chi connectivity index (χ2v) is 7.43. The van der Waals surface area contributed by atoms with Crippen LogP contribution in [0.3, 0.4) is 0 Å². The third-order valence-electron chi connectivity index (χ3n) is 5.25. The van der Waals surface area contributed by atoms with Crippen LogP contribution in [0.2, 0.25) is 0 Å². The van der Waals surface area contributed by atoms with Crippen molar-refractivity contribution in [1.29, 1.82) is 0 Å². The van der Waals surface area contributed by atoms with Crippen molar-refractivity contribution < 1.29 is 9.59 Å². The Morgan fingerprint density at radius 3 is 2.64 bits per heavy atom. The van der Waals surface area contributed by atoms with E-state index in [1.54, 1.807) is 29.4 Å². The van der Waals surface area contributed by atoms with Crippen LogP contribution in [0.25, 0.3) is 0 Å². The number of piperazine rings is 1. The second-order valence-electron chi connectivity index (χ2n) is 7.43. The van der Waals surface area contributed by atoms with Crippen molar-refractivity contribution in [2.45, 2.75) is 25.3 Å². The largest absolute Gasteiger partial charge is 0.331 e. The zero-order valence-electron chi connectivity index (χ0n) is 14.5. The number of carbonyl (C=O) groups is 2. The third-order valence-corrected chi connectivity index (χ3v) is 5.25. The Morgan fingerprint density at radius 1 is 1.16 bits per heavy atom. The maximum Gasteiger partial charge on any atom is 0.254 e.